The Morgan fingerprint density at radius 1 is 0.269 bits per heavy atom. The van der Waals surface area contributed by atoms with Crippen molar-refractivity contribution in [2.24, 2.45) is 0 Å². The highest BCUT2D eigenvalue weighted by molar-refractivity contribution is 6.32. The molecule has 2 nitrogen and oxygen atoms in total. The third kappa shape index (κ3) is 3.68. The molecule has 0 aliphatic rings. The van der Waals surface area contributed by atoms with E-state index in [1.165, 1.54) is 104 Å². The summed E-state index contributed by atoms with van der Waals surface area (Å²) in [5.74, 6) is 0. The lowest BCUT2D eigenvalue weighted by molar-refractivity contribution is 1.18. The van der Waals surface area contributed by atoms with Gasteiger partial charge in [-0.05, 0) is 97.4 Å². The number of aromatic nitrogens is 2. The fourth-order valence-electron chi connectivity index (χ4n) is 9.21. The summed E-state index contributed by atoms with van der Waals surface area (Å²) in [5, 5.41) is 15.5. The number of fused-ring (bicyclic) bond motifs is 10. The molecule has 0 saturated carbocycles. The molecule has 0 radical (unpaired) electrons. The summed E-state index contributed by atoms with van der Waals surface area (Å²) in [4.78, 5) is 0. The molecule has 0 aliphatic carbocycles. The monoisotopic (exact) mass is 658 g/mol. The maximum Gasteiger partial charge on any atom is 0.0621 e. The number of nitrogens with zero attached hydrogens (tertiary/aromatic N) is 2. The van der Waals surface area contributed by atoms with Crippen LogP contribution >= 0.6 is 0 Å². The molecule has 2 heteroatoms. The normalized spacial score (nSPS) is 12.2. The first-order valence-electron chi connectivity index (χ1n) is 18.0. The van der Waals surface area contributed by atoms with Crippen molar-refractivity contribution in [1.29, 1.82) is 0 Å². The number of rotatable bonds is 3. The molecule has 0 atom stereocenters. The van der Waals surface area contributed by atoms with Crippen LogP contribution in [0.5, 0.6) is 0 Å². The number of hydrogen-bond acceptors (Lipinski definition) is 0. The molecule has 0 bridgehead atoms. The second kappa shape index (κ2) is 10.3. The summed E-state index contributed by atoms with van der Waals surface area (Å²) in [7, 11) is 0. The topological polar surface area (TPSA) is 9.86 Å². The zero-order chi connectivity index (χ0) is 33.9. The Morgan fingerprint density at radius 2 is 0.846 bits per heavy atom. The largest absolute Gasteiger partial charge is 0.309 e. The summed E-state index contributed by atoms with van der Waals surface area (Å²) in [6.45, 7) is 0. The van der Waals surface area contributed by atoms with Crippen LogP contribution in [-0.4, -0.2) is 9.13 Å². The first-order chi connectivity index (χ1) is 25.8. The first kappa shape index (κ1) is 27.9. The van der Waals surface area contributed by atoms with Gasteiger partial charge in [-0.1, -0.05) is 133 Å². The van der Waals surface area contributed by atoms with Crippen molar-refractivity contribution in [2.75, 3.05) is 0 Å². The predicted molar refractivity (Wildman–Crippen MR) is 222 cm³/mol. The fraction of sp³-hybridized carbons (Fsp3) is 0. The van der Waals surface area contributed by atoms with E-state index < -0.39 is 0 Å². The summed E-state index contributed by atoms with van der Waals surface area (Å²) < 4.78 is 4.92. The summed E-state index contributed by atoms with van der Waals surface area (Å²) in [6, 6.07) is 67.2. The van der Waals surface area contributed by atoms with Crippen molar-refractivity contribution in [2.45, 2.75) is 0 Å². The number of para-hydroxylation sites is 2. The minimum atomic E-state index is 1.16. The third-order valence-electron chi connectivity index (χ3n) is 11.4. The average molecular weight is 659 g/mol. The molecule has 0 saturated heterocycles. The number of hydrogen-bond donors (Lipinski definition) is 0. The van der Waals surface area contributed by atoms with Crippen LogP contribution in [0.2, 0.25) is 0 Å². The molecule has 52 heavy (non-hydrogen) atoms. The molecular formula is C50H30N2. The molecular weight excluding hydrogens is 629 g/mol. The highest BCUT2D eigenvalue weighted by atomic mass is 15.0. The van der Waals surface area contributed by atoms with E-state index >= 15 is 0 Å². The van der Waals surface area contributed by atoms with E-state index in [-0.39, 0.29) is 0 Å². The Morgan fingerprint density at radius 3 is 1.60 bits per heavy atom. The molecule has 0 fully saturated rings. The molecule has 0 amide bonds. The Hall–Kier alpha value is -6.90. The Bertz CT molecular complexity index is 3350. The van der Waals surface area contributed by atoms with Gasteiger partial charge in [-0.2, -0.15) is 0 Å². The van der Waals surface area contributed by atoms with E-state index in [1.807, 2.05) is 0 Å². The van der Waals surface area contributed by atoms with Crippen molar-refractivity contribution in [3.63, 3.8) is 0 Å². The lowest BCUT2D eigenvalue weighted by Crippen LogP contribution is -1.95. The predicted octanol–water partition coefficient (Wildman–Crippen LogP) is 13.6. The minimum absolute atomic E-state index is 1.16. The first-order valence-corrected chi connectivity index (χ1v) is 18.0. The van der Waals surface area contributed by atoms with Crippen molar-refractivity contribution in [1.82, 2.24) is 9.13 Å². The molecule has 12 rings (SSSR count). The molecule has 0 spiro atoms. The molecule has 0 unspecified atom stereocenters. The molecule has 10 aromatic carbocycles. The van der Waals surface area contributed by atoms with E-state index in [0.29, 0.717) is 0 Å². The van der Waals surface area contributed by atoms with Gasteiger partial charge in [0.1, 0.15) is 0 Å². The van der Waals surface area contributed by atoms with Gasteiger partial charge in [-0.15, -0.1) is 0 Å². The van der Waals surface area contributed by atoms with E-state index in [4.69, 9.17) is 0 Å². The van der Waals surface area contributed by atoms with Crippen LogP contribution in [0.4, 0.5) is 0 Å². The molecule has 0 N–H and O–H groups in total. The van der Waals surface area contributed by atoms with Gasteiger partial charge >= 0.3 is 0 Å². The quantitative estimate of drug-likeness (QED) is 0.167. The van der Waals surface area contributed by atoms with Crippen molar-refractivity contribution < 1.29 is 0 Å². The summed E-state index contributed by atoms with van der Waals surface area (Å²) in [5.41, 5.74) is 9.74. The zero-order valence-corrected chi connectivity index (χ0v) is 28.2. The standard InChI is InChI=1S/C50H30N2/c1-2-12-34(13-3-1)52-45-19-9-8-18-41(45)44-30-47-49-42(50(44)52)28-23-32-11-10-20-46(48(32)49)51(47)35-25-21-31(22-26-35)33-24-27-40-38-16-5-4-14-36(38)37-15-6-7-17-39(37)43(40)29-33/h1-30H. The summed E-state index contributed by atoms with van der Waals surface area (Å²) in [6.07, 6.45) is 0. The van der Waals surface area contributed by atoms with Crippen LogP contribution in [0.25, 0.3) is 109 Å². The van der Waals surface area contributed by atoms with Crippen molar-refractivity contribution in [3.05, 3.63) is 182 Å². The Kier molecular flexibility index (Phi) is 5.53. The Labute approximate surface area is 299 Å². The van der Waals surface area contributed by atoms with Gasteiger partial charge in [0.2, 0.25) is 0 Å². The lowest BCUT2D eigenvalue weighted by atomic mass is 9.92. The van der Waals surface area contributed by atoms with E-state index in [2.05, 4.69) is 191 Å². The number of benzene rings is 10. The average Bonchev–Trinajstić information content (AvgIpc) is 3.74. The lowest BCUT2D eigenvalue weighted by Gasteiger charge is -2.13. The fourth-order valence-corrected chi connectivity index (χ4v) is 9.21. The smallest absolute Gasteiger partial charge is 0.0621 e. The third-order valence-corrected chi connectivity index (χ3v) is 11.4. The van der Waals surface area contributed by atoms with Crippen LogP contribution in [0, 0.1) is 0 Å². The molecule has 0 aliphatic heterocycles. The van der Waals surface area contributed by atoms with Crippen molar-refractivity contribution in [3.8, 4) is 22.5 Å². The zero-order valence-electron chi connectivity index (χ0n) is 28.2. The van der Waals surface area contributed by atoms with Gasteiger partial charge in [-0.3, -0.25) is 0 Å². The van der Waals surface area contributed by atoms with Crippen LogP contribution in [0.1, 0.15) is 0 Å². The van der Waals surface area contributed by atoms with Gasteiger partial charge in [0, 0.05) is 38.3 Å². The maximum absolute atomic E-state index is 2.47. The second-order valence-electron chi connectivity index (χ2n) is 14.1. The van der Waals surface area contributed by atoms with E-state index in [1.54, 1.807) is 0 Å². The van der Waals surface area contributed by atoms with Gasteiger partial charge in [-0.25, -0.2) is 0 Å². The minimum Gasteiger partial charge on any atom is -0.309 e. The highest BCUT2D eigenvalue weighted by Crippen LogP contribution is 2.45. The maximum atomic E-state index is 2.47. The van der Waals surface area contributed by atoms with Crippen molar-refractivity contribution >= 4 is 86.7 Å². The molecule has 2 aromatic heterocycles. The van der Waals surface area contributed by atoms with E-state index in [0.717, 1.165) is 5.69 Å². The van der Waals surface area contributed by atoms with Crippen LogP contribution in [0.15, 0.2) is 182 Å². The Balaban J connectivity index is 1.09. The van der Waals surface area contributed by atoms with Gasteiger partial charge in [0.25, 0.3) is 0 Å². The van der Waals surface area contributed by atoms with Gasteiger partial charge in [0.05, 0.1) is 22.1 Å². The molecule has 240 valence electrons. The van der Waals surface area contributed by atoms with E-state index in [9.17, 15) is 0 Å². The van der Waals surface area contributed by atoms with Gasteiger partial charge < -0.3 is 9.13 Å². The summed E-state index contributed by atoms with van der Waals surface area (Å²) >= 11 is 0. The van der Waals surface area contributed by atoms with Crippen LogP contribution in [0.3, 0.4) is 0 Å². The molecule has 12 aromatic rings. The van der Waals surface area contributed by atoms with Crippen LogP contribution < -0.4 is 0 Å². The SMILES string of the molecule is c1ccc(-n2c3ccccc3c3cc4c5c(ccc6cccc(c65)n4-c4ccc(-c5ccc6c7ccccc7c7ccccc7c6c5)cc4)c32)cc1. The second-order valence-corrected chi connectivity index (χ2v) is 14.1. The van der Waals surface area contributed by atoms with Crippen LogP contribution in [-0.2, 0) is 0 Å². The molecule has 2 heterocycles. The highest BCUT2D eigenvalue weighted by Gasteiger charge is 2.22. The van der Waals surface area contributed by atoms with Gasteiger partial charge in [0.15, 0.2) is 0 Å².